The Kier molecular flexibility index (Phi) is 21.0. The van der Waals surface area contributed by atoms with Crippen LogP contribution in [0.25, 0.3) is 0 Å². The summed E-state index contributed by atoms with van der Waals surface area (Å²) >= 11 is 0. The third-order valence-corrected chi connectivity index (χ3v) is 4.09. The van der Waals surface area contributed by atoms with Gasteiger partial charge in [-0.25, -0.2) is 25.3 Å². The molecule has 134 valence electrons. The van der Waals surface area contributed by atoms with Crippen LogP contribution in [0.5, 0.6) is 0 Å². The van der Waals surface area contributed by atoms with Crippen LogP contribution in [0.15, 0.2) is 0 Å². The van der Waals surface area contributed by atoms with Crippen molar-refractivity contribution in [1.82, 2.24) is 0 Å². The number of rotatable bonds is 6. The van der Waals surface area contributed by atoms with Crippen LogP contribution in [-0.4, -0.2) is 82.4 Å². The molecule has 22 heavy (non-hydrogen) atoms. The quantitative estimate of drug-likeness (QED) is 0.296. The summed E-state index contributed by atoms with van der Waals surface area (Å²) in [6, 6.07) is 0. The smallest absolute Gasteiger partial charge is 0.748 e. The molecule has 9 nitrogen and oxygen atoms in total. The molecule has 0 aromatic carbocycles. The standard InChI is InChI=1S/3C3H8O3S.Bi/c3*1-2-3-7(4,5)6;/h3*2-3H2,1H3,(H,4,5,6);/q;;;+3/p-3. The van der Waals surface area contributed by atoms with Crippen molar-refractivity contribution in [1.29, 1.82) is 0 Å². The summed E-state index contributed by atoms with van der Waals surface area (Å²) in [7, 11) is -11.8. The first-order valence-corrected chi connectivity index (χ1v) is 10.7. The third kappa shape index (κ3) is 49.8. The van der Waals surface area contributed by atoms with E-state index in [4.69, 9.17) is 0 Å². The summed E-state index contributed by atoms with van der Waals surface area (Å²) in [5.41, 5.74) is 0. The minimum atomic E-state index is -3.92. The largest absolute Gasteiger partial charge is 3.00 e. The second kappa shape index (κ2) is 15.2. The first-order chi connectivity index (χ1) is 9.18. The zero-order chi connectivity index (χ0) is 17.7. The summed E-state index contributed by atoms with van der Waals surface area (Å²) in [5.74, 6) is -0.729. The topological polar surface area (TPSA) is 172 Å². The third-order valence-electron chi connectivity index (χ3n) is 1.36. The van der Waals surface area contributed by atoms with E-state index in [0.717, 1.165) is 0 Å². The molecule has 0 saturated heterocycles. The maximum atomic E-state index is 9.68. The fourth-order valence-electron chi connectivity index (χ4n) is 0.750. The molecule has 0 aliphatic rings. The molecule has 0 saturated carbocycles. The van der Waals surface area contributed by atoms with Crippen LogP contribution in [0.3, 0.4) is 0 Å². The Morgan fingerprint density at radius 1 is 0.545 bits per heavy atom. The van der Waals surface area contributed by atoms with Gasteiger partial charge in [0.1, 0.15) is 0 Å². The fourth-order valence-corrected chi connectivity index (χ4v) is 2.25. The SMILES string of the molecule is CCCS(=O)(=O)[O-].CCCS(=O)(=O)[O-].CCCS(=O)(=O)[O-].[Bi+3]. The maximum Gasteiger partial charge on any atom is 3.00 e. The van der Waals surface area contributed by atoms with Gasteiger partial charge in [0.25, 0.3) is 0 Å². The number of hydrogen-bond donors (Lipinski definition) is 0. The Bertz CT molecular complexity index is 456. The van der Waals surface area contributed by atoms with Crippen LogP contribution in [0.4, 0.5) is 0 Å². The van der Waals surface area contributed by atoms with Crippen molar-refractivity contribution in [3.63, 3.8) is 0 Å². The van der Waals surface area contributed by atoms with Crippen molar-refractivity contribution >= 4 is 56.6 Å². The van der Waals surface area contributed by atoms with E-state index in [2.05, 4.69) is 0 Å². The van der Waals surface area contributed by atoms with Gasteiger partial charge in [0, 0.05) is 17.3 Å². The Labute approximate surface area is 152 Å². The Morgan fingerprint density at radius 2 is 0.682 bits per heavy atom. The van der Waals surface area contributed by atoms with E-state index in [0.29, 0.717) is 19.3 Å². The zero-order valence-electron chi connectivity index (χ0n) is 12.6. The van der Waals surface area contributed by atoms with E-state index in [-0.39, 0.29) is 43.5 Å². The first kappa shape index (κ1) is 30.5. The average molecular weight is 578 g/mol. The van der Waals surface area contributed by atoms with E-state index >= 15 is 0 Å². The molecule has 0 bridgehead atoms. The summed E-state index contributed by atoms with van der Waals surface area (Å²) in [6.45, 7) is 4.94. The second-order valence-corrected chi connectivity index (χ2v) is 8.36. The van der Waals surface area contributed by atoms with E-state index in [1.807, 2.05) is 0 Å². The van der Waals surface area contributed by atoms with Gasteiger partial charge in [-0.2, -0.15) is 0 Å². The Balaban J connectivity index is -0.000000108. The van der Waals surface area contributed by atoms with Crippen LogP contribution >= 0.6 is 0 Å². The molecule has 13 heteroatoms. The predicted octanol–water partition coefficient (Wildman–Crippen LogP) is -0.556. The molecule has 0 aliphatic carbocycles. The molecular formula is C9H21BiO9S3. The van der Waals surface area contributed by atoms with Crippen molar-refractivity contribution < 1.29 is 38.9 Å². The fraction of sp³-hybridized carbons (Fsp3) is 1.00. The minimum absolute atomic E-state index is 0. The van der Waals surface area contributed by atoms with Crippen molar-refractivity contribution in [2.45, 2.75) is 40.0 Å². The van der Waals surface area contributed by atoms with E-state index in [1.54, 1.807) is 20.8 Å². The summed E-state index contributed by atoms with van der Waals surface area (Å²) in [5, 5.41) is 0. The predicted molar refractivity (Wildman–Crippen MR) is 80.3 cm³/mol. The first-order valence-electron chi connectivity index (χ1n) is 5.99. The monoisotopic (exact) mass is 578 g/mol. The summed E-state index contributed by atoms with van der Waals surface area (Å²) < 4.78 is 87.1. The molecular weight excluding hydrogens is 557 g/mol. The van der Waals surface area contributed by atoms with E-state index in [9.17, 15) is 38.9 Å². The molecule has 0 atom stereocenters. The Hall–Kier alpha value is 0.613. The molecule has 0 unspecified atom stereocenters. The molecule has 0 aliphatic heterocycles. The number of hydrogen-bond acceptors (Lipinski definition) is 9. The average Bonchev–Trinajstić information content (AvgIpc) is 2.12. The molecule has 0 N–H and O–H groups in total. The minimum Gasteiger partial charge on any atom is -0.748 e. The van der Waals surface area contributed by atoms with Gasteiger partial charge in [-0.1, -0.05) is 20.8 Å². The van der Waals surface area contributed by atoms with Crippen LogP contribution < -0.4 is 0 Å². The summed E-state index contributed by atoms with van der Waals surface area (Å²) in [6.07, 6.45) is 1.23. The molecule has 0 heterocycles. The molecule has 2 radical (unpaired) electrons. The molecule has 0 rings (SSSR count). The summed E-state index contributed by atoms with van der Waals surface area (Å²) in [4.78, 5) is 0. The van der Waals surface area contributed by atoms with Crippen molar-refractivity contribution in [3.05, 3.63) is 0 Å². The molecule has 0 aromatic rings. The van der Waals surface area contributed by atoms with Crippen LogP contribution in [-0.2, 0) is 30.4 Å². The maximum absolute atomic E-state index is 9.68. The van der Waals surface area contributed by atoms with Gasteiger partial charge in [-0.15, -0.1) is 0 Å². The Morgan fingerprint density at radius 3 is 0.682 bits per heavy atom. The van der Waals surface area contributed by atoms with Gasteiger partial charge in [0.15, 0.2) is 0 Å². The van der Waals surface area contributed by atoms with Gasteiger partial charge in [0.05, 0.1) is 30.4 Å². The molecule has 0 spiro atoms. The van der Waals surface area contributed by atoms with Crippen molar-refractivity contribution in [2.24, 2.45) is 0 Å². The second-order valence-electron chi connectivity index (χ2n) is 3.79. The van der Waals surface area contributed by atoms with Crippen LogP contribution in [0.1, 0.15) is 40.0 Å². The van der Waals surface area contributed by atoms with Crippen molar-refractivity contribution in [2.75, 3.05) is 17.3 Å². The van der Waals surface area contributed by atoms with Crippen LogP contribution in [0.2, 0.25) is 0 Å². The van der Waals surface area contributed by atoms with E-state index in [1.165, 1.54) is 0 Å². The van der Waals surface area contributed by atoms with Gasteiger partial charge in [-0.05, 0) is 19.3 Å². The van der Waals surface area contributed by atoms with Crippen molar-refractivity contribution in [3.8, 4) is 0 Å². The van der Waals surface area contributed by atoms with E-state index < -0.39 is 30.4 Å². The van der Waals surface area contributed by atoms with Gasteiger partial charge in [-0.3, -0.25) is 0 Å². The van der Waals surface area contributed by atoms with Gasteiger partial charge < -0.3 is 13.7 Å². The molecule has 0 amide bonds. The van der Waals surface area contributed by atoms with Gasteiger partial charge >= 0.3 is 26.2 Å². The normalized spacial score (nSPS) is 11.2. The molecule has 0 aromatic heterocycles. The van der Waals surface area contributed by atoms with Gasteiger partial charge in [0.2, 0.25) is 0 Å². The van der Waals surface area contributed by atoms with Crippen LogP contribution in [0, 0.1) is 0 Å². The molecule has 0 fully saturated rings. The zero-order valence-corrected chi connectivity index (χ0v) is 18.5.